The van der Waals surface area contributed by atoms with Crippen molar-refractivity contribution in [1.82, 2.24) is 0 Å². The molecule has 4 heteroatoms. The number of aromatic hydroxyl groups is 1. The lowest BCUT2D eigenvalue weighted by atomic mass is 9.79. The molecule has 2 N–H and O–H groups in total. The Labute approximate surface area is 172 Å². The number of rotatable bonds is 1. The Bertz CT molecular complexity index is 1500. The summed E-state index contributed by atoms with van der Waals surface area (Å²) >= 11 is 0. The van der Waals surface area contributed by atoms with Crippen LogP contribution in [0.15, 0.2) is 94.1 Å². The van der Waals surface area contributed by atoms with Gasteiger partial charge in [-0.2, -0.15) is 0 Å². The summed E-state index contributed by atoms with van der Waals surface area (Å²) in [5.41, 5.74) is 4.50. The summed E-state index contributed by atoms with van der Waals surface area (Å²) in [4.78, 5) is 13.2. The number of fused-ring (bicyclic) bond motifs is 6. The van der Waals surface area contributed by atoms with Crippen LogP contribution >= 0.6 is 0 Å². The molecule has 30 heavy (non-hydrogen) atoms. The lowest BCUT2D eigenvalue weighted by Crippen LogP contribution is -2.22. The molecule has 2 heterocycles. The van der Waals surface area contributed by atoms with Crippen LogP contribution in [0.2, 0.25) is 0 Å². The van der Waals surface area contributed by atoms with Gasteiger partial charge >= 0.3 is 5.63 Å². The molecule has 1 aliphatic rings. The van der Waals surface area contributed by atoms with E-state index in [0.717, 1.165) is 38.7 Å². The second kappa shape index (κ2) is 6.22. The van der Waals surface area contributed by atoms with Gasteiger partial charge in [-0.1, -0.05) is 54.6 Å². The maximum atomic E-state index is 13.2. The van der Waals surface area contributed by atoms with Gasteiger partial charge in [0.25, 0.3) is 0 Å². The molecule has 0 fully saturated rings. The van der Waals surface area contributed by atoms with Crippen molar-refractivity contribution < 1.29 is 9.52 Å². The van der Waals surface area contributed by atoms with Gasteiger partial charge < -0.3 is 14.8 Å². The lowest BCUT2D eigenvalue weighted by molar-refractivity contribution is 0.475. The monoisotopic (exact) mass is 391 g/mol. The number of nitrogens with one attached hydrogen (secondary N) is 1. The molecule has 5 aromatic rings. The van der Waals surface area contributed by atoms with Crippen molar-refractivity contribution in [3.63, 3.8) is 0 Å². The van der Waals surface area contributed by atoms with E-state index in [4.69, 9.17) is 4.42 Å². The minimum atomic E-state index is -0.354. The molecule has 144 valence electrons. The Morgan fingerprint density at radius 1 is 0.767 bits per heavy atom. The van der Waals surface area contributed by atoms with E-state index in [1.54, 1.807) is 12.1 Å². The fraction of sp³-hybridized carbons (Fsp3) is 0.0385. The largest absolute Gasteiger partial charge is 0.508 e. The lowest BCUT2D eigenvalue weighted by Gasteiger charge is -2.30. The minimum Gasteiger partial charge on any atom is -0.508 e. The predicted molar refractivity (Wildman–Crippen MR) is 119 cm³/mol. The van der Waals surface area contributed by atoms with E-state index in [1.807, 2.05) is 48.5 Å². The summed E-state index contributed by atoms with van der Waals surface area (Å²) in [7, 11) is 0. The molecule has 0 saturated heterocycles. The van der Waals surface area contributed by atoms with Gasteiger partial charge in [0.2, 0.25) is 0 Å². The van der Waals surface area contributed by atoms with E-state index in [9.17, 15) is 9.90 Å². The summed E-state index contributed by atoms with van der Waals surface area (Å²) in [5, 5.41) is 16.4. The van der Waals surface area contributed by atoms with Crippen LogP contribution in [-0.2, 0) is 0 Å². The Hall–Kier alpha value is -4.05. The predicted octanol–water partition coefficient (Wildman–Crippen LogP) is 5.89. The molecule has 4 aromatic carbocycles. The molecule has 0 aliphatic carbocycles. The smallest absolute Gasteiger partial charge is 0.342 e. The Balaban J connectivity index is 1.76. The third kappa shape index (κ3) is 2.37. The molecule has 1 aliphatic heterocycles. The van der Waals surface area contributed by atoms with Crippen molar-refractivity contribution in [2.75, 3.05) is 5.32 Å². The first-order valence-electron chi connectivity index (χ1n) is 9.84. The zero-order valence-corrected chi connectivity index (χ0v) is 15.9. The number of phenolic OH excluding ortho intramolecular Hbond substituents is 1. The van der Waals surface area contributed by atoms with Crippen molar-refractivity contribution >= 4 is 33.1 Å². The van der Waals surface area contributed by atoms with E-state index in [-0.39, 0.29) is 17.3 Å². The summed E-state index contributed by atoms with van der Waals surface area (Å²) < 4.78 is 5.72. The van der Waals surface area contributed by atoms with Crippen molar-refractivity contribution in [2.24, 2.45) is 0 Å². The number of hydrogen-bond acceptors (Lipinski definition) is 4. The third-order valence-electron chi connectivity index (χ3n) is 5.88. The molecule has 0 unspecified atom stereocenters. The minimum absolute atomic E-state index is 0.191. The first-order chi connectivity index (χ1) is 14.7. The van der Waals surface area contributed by atoms with Gasteiger partial charge in [0.05, 0.1) is 11.3 Å². The summed E-state index contributed by atoms with van der Waals surface area (Å²) in [6, 6.07) is 27.0. The second-order valence-corrected chi connectivity index (χ2v) is 7.57. The maximum absolute atomic E-state index is 13.2. The van der Waals surface area contributed by atoms with E-state index in [0.29, 0.717) is 11.1 Å². The van der Waals surface area contributed by atoms with E-state index >= 15 is 0 Å². The van der Waals surface area contributed by atoms with Crippen LogP contribution in [0.5, 0.6) is 5.75 Å². The fourth-order valence-corrected chi connectivity index (χ4v) is 4.56. The van der Waals surface area contributed by atoms with Crippen molar-refractivity contribution in [2.45, 2.75) is 5.92 Å². The summed E-state index contributed by atoms with van der Waals surface area (Å²) in [5.74, 6) is -0.125. The van der Waals surface area contributed by atoms with Gasteiger partial charge in [-0.25, -0.2) is 4.79 Å². The van der Waals surface area contributed by atoms with Gasteiger partial charge in [0.1, 0.15) is 11.3 Å². The van der Waals surface area contributed by atoms with Crippen molar-refractivity contribution in [3.8, 4) is 5.75 Å². The van der Waals surface area contributed by atoms with Crippen LogP contribution in [0.1, 0.15) is 22.6 Å². The molecule has 0 bridgehead atoms. The number of phenols is 1. The number of hydrogen-bond donors (Lipinski definition) is 2. The third-order valence-corrected chi connectivity index (χ3v) is 5.88. The van der Waals surface area contributed by atoms with Gasteiger partial charge in [0.15, 0.2) is 0 Å². The Morgan fingerprint density at radius 3 is 2.33 bits per heavy atom. The molecule has 0 amide bonds. The first-order valence-corrected chi connectivity index (χ1v) is 9.84. The highest BCUT2D eigenvalue weighted by molar-refractivity contribution is 6.00. The highest BCUT2D eigenvalue weighted by atomic mass is 16.4. The van der Waals surface area contributed by atoms with E-state index < -0.39 is 0 Å². The van der Waals surface area contributed by atoms with Crippen molar-refractivity contribution in [3.05, 3.63) is 112 Å². The van der Waals surface area contributed by atoms with Crippen LogP contribution in [0.25, 0.3) is 21.7 Å². The summed E-state index contributed by atoms with van der Waals surface area (Å²) in [6.45, 7) is 0. The SMILES string of the molecule is O=c1oc2ccccc2c2c1[C@@H](c1ccc(O)cc1)c1c(ccc3ccccc13)N2. The van der Waals surface area contributed by atoms with E-state index in [1.165, 1.54) is 0 Å². The number of anilines is 2. The standard InChI is InChI=1S/C26H17NO3/c28-17-12-9-16(10-13-17)22-23-18-6-2-1-5-15(18)11-14-20(23)27-25-19-7-3-4-8-21(19)30-26(29)24(22)25/h1-14,22,27-28H/t22-/m0/s1. The average molecular weight is 391 g/mol. The molecule has 1 aromatic heterocycles. The van der Waals surface area contributed by atoms with Crippen LogP contribution in [0, 0.1) is 0 Å². The molecular formula is C26H17NO3. The van der Waals surface area contributed by atoms with Crippen LogP contribution in [-0.4, -0.2) is 5.11 Å². The summed E-state index contributed by atoms with van der Waals surface area (Å²) in [6.07, 6.45) is 0. The molecule has 6 rings (SSSR count). The van der Waals surface area contributed by atoms with Crippen LogP contribution < -0.4 is 10.9 Å². The normalized spacial score (nSPS) is 14.9. The molecular weight excluding hydrogens is 374 g/mol. The van der Waals surface area contributed by atoms with Gasteiger partial charge in [-0.05, 0) is 52.2 Å². The highest BCUT2D eigenvalue weighted by Crippen LogP contribution is 2.48. The first kappa shape index (κ1) is 16.9. The van der Waals surface area contributed by atoms with Gasteiger partial charge in [-0.15, -0.1) is 0 Å². The molecule has 4 nitrogen and oxygen atoms in total. The number of benzene rings is 4. The topological polar surface area (TPSA) is 62.5 Å². The van der Waals surface area contributed by atoms with Crippen molar-refractivity contribution in [1.29, 1.82) is 0 Å². The van der Waals surface area contributed by atoms with Gasteiger partial charge in [0, 0.05) is 17.0 Å². The molecule has 1 atom stereocenters. The zero-order valence-electron chi connectivity index (χ0n) is 15.9. The second-order valence-electron chi connectivity index (χ2n) is 7.57. The van der Waals surface area contributed by atoms with Crippen LogP contribution in [0.4, 0.5) is 11.4 Å². The Kier molecular flexibility index (Phi) is 3.50. The number of para-hydroxylation sites is 1. The molecule has 0 radical (unpaired) electrons. The average Bonchev–Trinajstić information content (AvgIpc) is 2.78. The zero-order chi connectivity index (χ0) is 20.2. The quantitative estimate of drug-likeness (QED) is 0.343. The molecule has 0 spiro atoms. The Morgan fingerprint density at radius 2 is 1.50 bits per heavy atom. The van der Waals surface area contributed by atoms with E-state index in [2.05, 4.69) is 29.6 Å². The maximum Gasteiger partial charge on any atom is 0.342 e. The highest BCUT2D eigenvalue weighted by Gasteiger charge is 2.33. The fourth-order valence-electron chi connectivity index (χ4n) is 4.56. The van der Waals surface area contributed by atoms with Crippen LogP contribution in [0.3, 0.4) is 0 Å². The van der Waals surface area contributed by atoms with Gasteiger partial charge in [-0.3, -0.25) is 0 Å². The molecule has 0 saturated carbocycles.